The van der Waals surface area contributed by atoms with Gasteiger partial charge in [-0.1, -0.05) is 36.4 Å². The minimum atomic E-state index is 0. The number of hydrogen-bond acceptors (Lipinski definition) is 1. The maximum atomic E-state index is 7.32. The van der Waals surface area contributed by atoms with E-state index < -0.39 is 0 Å². The van der Waals surface area contributed by atoms with Crippen molar-refractivity contribution in [2.75, 3.05) is 0 Å². The van der Waals surface area contributed by atoms with Crippen molar-refractivity contribution in [3.63, 3.8) is 0 Å². The third-order valence-electron chi connectivity index (χ3n) is 0.667. The first kappa shape index (κ1) is 11.5. The first-order valence-electron chi connectivity index (χ1n) is 2.72. The highest BCUT2D eigenvalue weighted by atomic mass is 16.0. The Bertz CT molecular complexity index is 140. The van der Waals surface area contributed by atoms with E-state index in [9.17, 15) is 0 Å². The molecule has 2 nitrogen and oxygen atoms in total. The zero-order valence-corrected chi connectivity index (χ0v) is 5.91. The van der Waals surface area contributed by atoms with Crippen LogP contribution in [0.4, 0.5) is 0 Å². The van der Waals surface area contributed by atoms with Gasteiger partial charge in [-0.3, -0.25) is 0 Å². The van der Waals surface area contributed by atoms with Gasteiger partial charge in [0.2, 0.25) is 0 Å². The van der Waals surface area contributed by atoms with Crippen molar-refractivity contribution in [1.82, 2.24) is 0 Å². The van der Waals surface area contributed by atoms with Crippen LogP contribution in [0.3, 0.4) is 0 Å². The Morgan fingerprint density at radius 2 is 1.00 bits per heavy atom. The average molecular weight is 137 g/mol. The topological polar surface area (TPSA) is 55.3 Å². The molecule has 2 N–H and O–H groups in total. The molecule has 2 heteroatoms. The molecule has 0 aliphatic heterocycles. The van der Waals surface area contributed by atoms with Crippen molar-refractivity contribution >= 4 is 0 Å². The molecule has 10 heavy (non-hydrogen) atoms. The Hall–Kier alpha value is -1.33. The summed E-state index contributed by atoms with van der Waals surface area (Å²) in [5, 5.41) is 7.32. The fraction of sp³-hybridized carbons (Fsp3) is 0.125. The zero-order valence-electron chi connectivity index (χ0n) is 5.91. The summed E-state index contributed by atoms with van der Waals surface area (Å²) in [5.74, 6) is 0. The molecule has 0 aromatic heterocycles. The molecule has 0 aliphatic rings. The average Bonchev–Trinajstić information content (AvgIpc) is 1.93. The van der Waals surface area contributed by atoms with Crippen molar-refractivity contribution < 1.29 is 5.48 Å². The van der Waals surface area contributed by atoms with E-state index in [0.717, 1.165) is 0 Å². The summed E-state index contributed by atoms with van der Waals surface area (Å²) in [7, 11) is 0. The lowest BCUT2D eigenvalue weighted by Gasteiger charge is -1.69. The van der Waals surface area contributed by atoms with E-state index >= 15 is 0 Å². The largest absolute Gasteiger partial charge is 0.412 e. The van der Waals surface area contributed by atoms with Gasteiger partial charge >= 0.3 is 0 Å². The Morgan fingerprint density at radius 1 is 0.900 bits per heavy atom. The van der Waals surface area contributed by atoms with Crippen LogP contribution in [0.15, 0.2) is 36.4 Å². The molecule has 0 unspecified atom stereocenters. The number of hydrogen-bond donors (Lipinski definition) is 0. The van der Waals surface area contributed by atoms with Crippen molar-refractivity contribution in [1.29, 1.82) is 5.26 Å². The van der Waals surface area contributed by atoms with Gasteiger partial charge in [-0.25, -0.2) is 0 Å². The van der Waals surface area contributed by atoms with Gasteiger partial charge in [0.1, 0.15) is 0 Å². The second kappa shape index (κ2) is 10.6. The molecule has 1 aromatic rings. The Morgan fingerprint density at radius 3 is 1.10 bits per heavy atom. The number of nitrogens with zero attached hydrogens (tertiary/aromatic N) is 1. The van der Waals surface area contributed by atoms with Gasteiger partial charge in [0.05, 0.1) is 6.07 Å². The fourth-order valence-electron chi connectivity index (χ4n) is 0.385. The van der Waals surface area contributed by atoms with Crippen LogP contribution in [0.5, 0.6) is 0 Å². The normalized spacial score (nSPS) is 5.60. The molecule has 0 heterocycles. The number of benzene rings is 1. The van der Waals surface area contributed by atoms with E-state index in [4.69, 9.17) is 5.26 Å². The second-order valence-corrected chi connectivity index (χ2v) is 1.38. The number of nitriles is 1. The summed E-state index contributed by atoms with van der Waals surface area (Å²) in [6.45, 7) is 1.43. The Kier molecular flexibility index (Phi) is 12.2. The van der Waals surface area contributed by atoms with Crippen LogP contribution < -0.4 is 0 Å². The van der Waals surface area contributed by atoms with E-state index in [1.165, 1.54) is 6.92 Å². The summed E-state index contributed by atoms with van der Waals surface area (Å²) in [6.07, 6.45) is 0. The molecule has 0 aliphatic carbocycles. The van der Waals surface area contributed by atoms with Crippen molar-refractivity contribution in [3.8, 4) is 6.07 Å². The van der Waals surface area contributed by atoms with Crippen LogP contribution in [-0.2, 0) is 0 Å². The van der Waals surface area contributed by atoms with Gasteiger partial charge in [0.25, 0.3) is 0 Å². The third-order valence-corrected chi connectivity index (χ3v) is 0.667. The van der Waals surface area contributed by atoms with Crippen molar-refractivity contribution in [2.24, 2.45) is 0 Å². The smallest absolute Gasteiger partial charge is 0.0587 e. The van der Waals surface area contributed by atoms with Crippen LogP contribution in [0.2, 0.25) is 0 Å². The van der Waals surface area contributed by atoms with Gasteiger partial charge in [-0.2, -0.15) is 5.26 Å². The van der Waals surface area contributed by atoms with E-state index in [-0.39, 0.29) is 5.48 Å². The molecule has 54 valence electrons. The van der Waals surface area contributed by atoms with Crippen LogP contribution in [0, 0.1) is 11.3 Å². The summed E-state index contributed by atoms with van der Waals surface area (Å²) in [4.78, 5) is 0. The molecule has 0 atom stereocenters. The maximum absolute atomic E-state index is 7.32. The highest BCUT2D eigenvalue weighted by molar-refractivity contribution is 4.99. The summed E-state index contributed by atoms with van der Waals surface area (Å²) >= 11 is 0. The van der Waals surface area contributed by atoms with Gasteiger partial charge in [-0.15, -0.1) is 0 Å². The van der Waals surface area contributed by atoms with E-state index in [0.29, 0.717) is 0 Å². The lowest BCUT2D eigenvalue weighted by Crippen LogP contribution is -1.47. The van der Waals surface area contributed by atoms with Gasteiger partial charge in [-0.05, 0) is 0 Å². The molecule has 1 aromatic carbocycles. The fourth-order valence-corrected chi connectivity index (χ4v) is 0.385. The standard InChI is InChI=1S/C6H6.C2H3N.H2O/c1-2-4-6-5-3-1;1-2-3;/h1-6H;1H3;1H2. The van der Waals surface area contributed by atoms with Gasteiger partial charge in [0.15, 0.2) is 0 Å². The van der Waals surface area contributed by atoms with Gasteiger partial charge in [0, 0.05) is 6.92 Å². The predicted molar refractivity (Wildman–Crippen MR) is 41.3 cm³/mol. The van der Waals surface area contributed by atoms with Crippen molar-refractivity contribution in [3.05, 3.63) is 36.4 Å². The maximum Gasteiger partial charge on any atom is 0.0587 e. The summed E-state index contributed by atoms with van der Waals surface area (Å²) < 4.78 is 0. The SMILES string of the molecule is CC#N.O.c1ccccc1. The minimum Gasteiger partial charge on any atom is -0.412 e. The first-order chi connectivity index (χ1) is 4.41. The molecule has 0 spiro atoms. The Balaban J connectivity index is 0. The molecule has 0 fully saturated rings. The highest BCUT2D eigenvalue weighted by Gasteiger charge is 1.57. The predicted octanol–water partition coefficient (Wildman–Crippen LogP) is 1.39. The van der Waals surface area contributed by atoms with E-state index in [1.54, 1.807) is 6.07 Å². The van der Waals surface area contributed by atoms with E-state index in [2.05, 4.69) is 0 Å². The summed E-state index contributed by atoms with van der Waals surface area (Å²) in [5.41, 5.74) is 0. The van der Waals surface area contributed by atoms with Crippen molar-refractivity contribution in [2.45, 2.75) is 6.92 Å². The zero-order chi connectivity index (χ0) is 6.95. The monoisotopic (exact) mass is 137 g/mol. The molecule has 0 bridgehead atoms. The minimum absolute atomic E-state index is 0. The van der Waals surface area contributed by atoms with E-state index in [1.807, 2.05) is 36.4 Å². The summed E-state index contributed by atoms with van der Waals surface area (Å²) in [6, 6.07) is 13.8. The molecule has 0 radical (unpaired) electrons. The molecule has 1 rings (SSSR count). The van der Waals surface area contributed by atoms with Gasteiger partial charge < -0.3 is 5.48 Å². The Labute approximate surface area is 61.0 Å². The molecule has 0 saturated carbocycles. The molecule has 0 saturated heterocycles. The molecular weight excluding hydrogens is 126 g/mol. The second-order valence-electron chi connectivity index (χ2n) is 1.38. The number of rotatable bonds is 0. The molecule has 0 amide bonds. The third kappa shape index (κ3) is 9.83. The highest BCUT2D eigenvalue weighted by Crippen LogP contribution is 1.79. The van der Waals surface area contributed by atoms with Crippen LogP contribution >= 0.6 is 0 Å². The molecular formula is C8H11NO. The lowest BCUT2D eigenvalue weighted by atomic mass is 10.4. The van der Waals surface area contributed by atoms with Crippen LogP contribution in [0.25, 0.3) is 0 Å². The lowest BCUT2D eigenvalue weighted by molar-refractivity contribution is 0.824. The van der Waals surface area contributed by atoms with Crippen LogP contribution in [0.1, 0.15) is 6.92 Å². The quantitative estimate of drug-likeness (QED) is 0.533. The van der Waals surface area contributed by atoms with Crippen LogP contribution in [-0.4, -0.2) is 5.48 Å². The first-order valence-corrected chi connectivity index (χ1v) is 2.72.